The van der Waals surface area contributed by atoms with Crippen LogP contribution < -0.4 is 5.32 Å². The largest absolute Gasteiger partial charge is 0.370 e. The second-order valence-corrected chi connectivity index (χ2v) is 4.68. The van der Waals surface area contributed by atoms with Gasteiger partial charge >= 0.3 is 0 Å². The average Bonchev–Trinajstić information content (AvgIpc) is 2.36. The normalized spacial score (nSPS) is 11.6. The number of anilines is 1. The van der Waals surface area contributed by atoms with Crippen LogP contribution in [-0.2, 0) is 10.3 Å². The first-order valence-electron chi connectivity index (χ1n) is 5.95. The summed E-state index contributed by atoms with van der Waals surface area (Å²) in [4.78, 5) is 8.94. The van der Waals surface area contributed by atoms with Gasteiger partial charge in [-0.25, -0.2) is 9.97 Å². The van der Waals surface area contributed by atoms with E-state index in [2.05, 4.69) is 45.1 Å². The lowest BCUT2D eigenvalue weighted by Gasteiger charge is -2.28. The fraction of sp³-hybridized carbons (Fsp3) is 0.667. The summed E-state index contributed by atoms with van der Waals surface area (Å²) >= 11 is 3.44. The molecule has 1 N–H and O–H groups in total. The number of halogens is 1. The Morgan fingerprint density at radius 3 is 2.47 bits per heavy atom. The van der Waals surface area contributed by atoms with E-state index < -0.39 is 0 Å². The van der Waals surface area contributed by atoms with Crippen molar-refractivity contribution in [2.45, 2.75) is 39.2 Å². The predicted molar refractivity (Wildman–Crippen MR) is 73.2 cm³/mol. The first kappa shape index (κ1) is 14.4. The summed E-state index contributed by atoms with van der Waals surface area (Å²) in [5.74, 6) is 1.56. The number of ether oxygens (including phenoxy) is 1. The molecule has 0 amide bonds. The van der Waals surface area contributed by atoms with Gasteiger partial charge in [-0.1, -0.05) is 13.8 Å². The van der Waals surface area contributed by atoms with E-state index in [0.29, 0.717) is 0 Å². The Morgan fingerprint density at radius 1 is 1.35 bits per heavy atom. The van der Waals surface area contributed by atoms with Crippen LogP contribution in [0.1, 0.15) is 39.4 Å². The van der Waals surface area contributed by atoms with Crippen molar-refractivity contribution < 1.29 is 4.74 Å². The molecular formula is C12H20BrN3O. The van der Waals surface area contributed by atoms with Gasteiger partial charge in [0, 0.05) is 19.9 Å². The molecule has 17 heavy (non-hydrogen) atoms. The Morgan fingerprint density at radius 2 is 2.00 bits per heavy atom. The van der Waals surface area contributed by atoms with Crippen LogP contribution in [0.5, 0.6) is 0 Å². The molecule has 0 aromatic carbocycles. The van der Waals surface area contributed by atoms with E-state index in [1.54, 1.807) is 13.3 Å². The van der Waals surface area contributed by atoms with Gasteiger partial charge in [-0.15, -0.1) is 0 Å². The standard InChI is InChI=1S/C12H20BrN3O/c1-5-12(6-2,17-4)11-15-8-9(13)10(16-11)14-7-3/h8H,5-7H2,1-4H3,(H,14,15,16). The summed E-state index contributed by atoms with van der Waals surface area (Å²) in [6, 6.07) is 0. The maximum atomic E-state index is 5.63. The third-order valence-electron chi connectivity index (χ3n) is 3.03. The van der Waals surface area contributed by atoms with Gasteiger partial charge in [0.25, 0.3) is 0 Å². The molecule has 0 saturated carbocycles. The average molecular weight is 302 g/mol. The number of nitrogens with one attached hydrogen (secondary N) is 1. The molecule has 0 saturated heterocycles. The first-order chi connectivity index (χ1) is 8.13. The highest BCUT2D eigenvalue weighted by Gasteiger charge is 2.31. The summed E-state index contributed by atoms with van der Waals surface area (Å²) in [5.41, 5.74) is -0.384. The van der Waals surface area contributed by atoms with Crippen molar-refractivity contribution >= 4 is 21.7 Å². The van der Waals surface area contributed by atoms with Crippen molar-refractivity contribution in [2.24, 2.45) is 0 Å². The number of aromatic nitrogens is 2. The lowest BCUT2D eigenvalue weighted by atomic mass is 9.96. The SMILES string of the molecule is CCNc1nc(C(CC)(CC)OC)ncc1Br. The van der Waals surface area contributed by atoms with Crippen LogP contribution in [0.3, 0.4) is 0 Å². The van der Waals surface area contributed by atoms with E-state index >= 15 is 0 Å². The van der Waals surface area contributed by atoms with E-state index in [1.807, 2.05) is 6.92 Å². The molecule has 0 bridgehead atoms. The van der Waals surface area contributed by atoms with Gasteiger partial charge in [-0.05, 0) is 35.7 Å². The van der Waals surface area contributed by atoms with Crippen LogP contribution in [0, 0.1) is 0 Å². The number of methoxy groups -OCH3 is 1. The molecule has 0 radical (unpaired) electrons. The maximum Gasteiger partial charge on any atom is 0.162 e. The van der Waals surface area contributed by atoms with Crippen LogP contribution in [0.25, 0.3) is 0 Å². The molecule has 0 aliphatic heterocycles. The minimum Gasteiger partial charge on any atom is -0.370 e. The fourth-order valence-corrected chi connectivity index (χ4v) is 2.16. The molecule has 1 aromatic rings. The van der Waals surface area contributed by atoms with Crippen LogP contribution in [0.15, 0.2) is 10.7 Å². The Bertz CT molecular complexity index is 359. The third kappa shape index (κ3) is 2.96. The van der Waals surface area contributed by atoms with Crippen molar-refractivity contribution in [1.82, 2.24) is 9.97 Å². The highest BCUT2D eigenvalue weighted by Crippen LogP contribution is 2.31. The van der Waals surface area contributed by atoms with Crippen molar-refractivity contribution in [3.05, 3.63) is 16.5 Å². The van der Waals surface area contributed by atoms with Crippen LogP contribution in [-0.4, -0.2) is 23.6 Å². The van der Waals surface area contributed by atoms with Crippen molar-refractivity contribution in [1.29, 1.82) is 0 Å². The zero-order valence-corrected chi connectivity index (χ0v) is 12.5. The molecule has 0 aliphatic carbocycles. The summed E-state index contributed by atoms with van der Waals surface area (Å²) < 4.78 is 6.50. The minimum absolute atomic E-state index is 0.384. The van der Waals surface area contributed by atoms with Crippen molar-refractivity contribution in [2.75, 3.05) is 19.0 Å². The molecule has 96 valence electrons. The van der Waals surface area contributed by atoms with E-state index in [4.69, 9.17) is 4.74 Å². The van der Waals surface area contributed by atoms with Gasteiger partial charge in [0.05, 0.1) is 4.47 Å². The summed E-state index contributed by atoms with van der Waals surface area (Å²) in [6.45, 7) is 7.04. The topological polar surface area (TPSA) is 47.0 Å². The maximum absolute atomic E-state index is 5.63. The van der Waals surface area contributed by atoms with Gasteiger partial charge in [-0.2, -0.15) is 0 Å². The van der Waals surface area contributed by atoms with Crippen LogP contribution in [0.4, 0.5) is 5.82 Å². The fourth-order valence-electron chi connectivity index (χ4n) is 1.82. The Labute approximate surface area is 111 Å². The number of rotatable bonds is 6. The first-order valence-corrected chi connectivity index (χ1v) is 6.74. The van der Waals surface area contributed by atoms with E-state index in [0.717, 1.165) is 35.5 Å². The minimum atomic E-state index is -0.384. The Balaban J connectivity index is 3.16. The molecule has 0 fully saturated rings. The van der Waals surface area contributed by atoms with Crippen LogP contribution >= 0.6 is 15.9 Å². The van der Waals surface area contributed by atoms with Gasteiger partial charge < -0.3 is 10.1 Å². The van der Waals surface area contributed by atoms with Gasteiger partial charge in [0.1, 0.15) is 11.4 Å². The molecule has 0 spiro atoms. The lowest BCUT2D eigenvalue weighted by molar-refractivity contribution is -0.0290. The van der Waals surface area contributed by atoms with E-state index in [1.165, 1.54) is 0 Å². The predicted octanol–water partition coefficient (Wildman–Crippen LogP) is 3.33. The van der Waals surface area contributed by atoms with Gasteiger partial charge in [0.15, 0.2) is 5.82 Å². The monoisotopic (exact) mass is 301 g/mol. The number of nitrogens with zero attached hydrogens (tertiary/aromatic N) is 2. The lowest BCUT2D eigenvalue weighted by Crippen LogP contribution is -2.29. The highest BCUT2D eigenvalue weighted by molar-refractivity contribution is 9.10. The molecule has 1 aromatic heterocycles. The highest BCUT2D eigenvalue weighted by atomic mass is 79.9. The number of hydrogen-bond acceptors (Lipinski definition) is 4. The van der Waals surface area contributed by atoms with E-state index in [9.17, 15) is 0 Å². The molecule has 4 nitrogen and oxygen atoms in total. The zero-order valence-electron chi connectivity index (χ0n) is 10.9. The zero-order chi connectivity index (χ0) is 12.9. The summed E-state index contributed by atoms with van der Waals surface area (Å²) in [6.07, 6.45) is 3.49. The molecule has 5 heteroatoms. The Kier molecular flexibility index (Phi) is 5.33. The Hall–Kier alpha value is -0.680. The summed E-state index contributed by atoms with van der Waals surface area (Å²) in [7, 11) is 1.71. The second-order valence-electron chi connectivity index (χ2n) is 3.83. The number of hydrogen-bond donors (Lipinski definition) is 1. The molecule has 0 atom stereocenters. The van der Waals surface area contributed by atoms with E-state index in [-0.39, 0.29) is 5.60 Å². The smallest absolute Gasteiger partial charge is 0.162 e. The van der Waals surface area contributed by atoms with Crippen LogP contribution in [0.2, 0.25) is 0 Å². The molecular weight excluding hydrogens is 282 g/mol. The second kappa shape index (κ2) is 6.31. The molecule has 0 unspecified atom stereocenters. The van der Waals surface area contributed by atoms with Gasteiger partial charge in [0.2, 0.25) is 0 Å². The summed E-state index contributed by atoms with van der Waals surface area (Å²) in [5, 5.41) is 3.21. The third-order valence-corrected chi connectivity index (χ3v) is 3.61. The quantitative estimate of drug-likeness (QED) is 0.875. The van der Waals surface area contributed by atoms with Gasteiger partial charge in [-0.3, -0.25) is 0 Å². The molecule has 0 aliphatic rings. The molecule has 1 heterocycles. The van der Waals surface area contributed by atoms with Crippen molar-refractivity contribution in [3.63, 3.8) is 0 Å². The molecule has 1 rings (SSSR count). The van der Waals surface area contributed by atoms with Crippen molar-refractivity contribution in [3.8, 4) is 0 Å².